The number of ether oxygens (including phenoxy) is 2. The van der Waals surface area contributed by atoms with E-state index >= 15 is 0 Å². The summed E-state index contributed by atoms with van der Waals surface area (Å²) in [5, 5.41) is 12.2. The fourth-order valence-corrected chi connectivity index (χ4v) is 2.64. The van der Waals surface area contributed by atoms with E-state index in [2.05, 4.69) is 15.3 Å². The van der Waals surface area contributed by atoms with Crippen molar-refractivity contribution in [2.24, 2.45) is 0 Å². The summed E-state index contributed by atoms with van der Waals surface area (Å²) in [6.07, 6.45) is 0. The van der Waals surface area contributed by atoms with E-state index in [-0.39, 0.29) is 5.28 Å². The predicted molar refractivity (Wildman–Crippen MR) is 94.3 cm³/mol. The molecule has 2 heterocycles. The summed E-state index contributed by atoms with van der Waals surface area (Å²) >= 11 is 5.97. The molecule has 0 amide bonds. The van der Waals surface area contributed by atoms with Gasteiger partial charge < -0.3 is 9.47 Å². The number of hydrogen-bond acceptors (Lipinski definition) is 5. The Kier molecular flexibility index (Phi) is 3.95. The number of halogens is 1. The molecule has 7 heteroatoms. The molecule has 0 saturated carbocycles. The minimum Gasteiger partial charge on any atom is -0.497 e. The Morgan fingerprint density at radius 3 is 2.60 bits per heavy atom. The molecule has 124 valence electrons. The van der Waals surface area contributed by atoms with E-state index in [4.69, 9.17) is 21.1 Å². The molecule has 0 aliphatic heterocycles. The summed E-state index contributed by atoms with van der Waals surface area (Å²) in [7, 11) is 1.63. The number of nitrogens with zero attached hydrogens (tertiary/aromatic N) is 4. The van der Waals surface area contributed by atoms with E-state index in [1.54, 1.807) is 19.2 Å². The predicted octanol–water partition coefficient (Wildman–Crippen LogP) is 4.25. The number of methoxy groups -OCH3 is 1. The molecule has 0 aliphatic carbocycles. The van der Waals surface area contributed by atoms with E-state index < -0.39 is 0 Å². The van der Waals surface area contributed by atoms with Gasteiger partial charge in [-0.3, -0.25) is 0 Å². The first-order chi connectivity index (χ1) is 12.2. The monoisotopic (exact) mass is 352 g/mol. The van der Waals surface area contributed by atoms with Crippen molar-refractivity contribution in [1.82, 2.24) is 19.8 Å². The largest absolute Gasteiger partial charge is 0.497 e. The molecule has 2 aromatic heterocycles. The van der Waals surface area contributed by atoms with Crippen LogP contribution < -0.4 is 9.47 Å². The van der Waals surface area contributed by atoms with Gasteiger partial charge in [0.2, 0.25) is 11.2 Å². The summed E-state index contributed by atoms with van der Waals surface area (Å²) in [6, 6.07) is 19.0. The third kappa shape index (κ3) is 2.99. The van der Waals surface area contributed by atoms with Crippen LogP contribution in [0, 0.1) is 0 Å². The van der Waals surface area contributed by atoms with Crippen molar-refractivity contribution >= 4 is 17.2 Å². The highest BCUT2D eigenvalue weighted by molar-refractivity contribution is 6.28. The fraction of sp³-hybridized carbons (Fsp3) is 0.0556. The molecule has 4 aromatic rings. The molecule has 0 N–H and O–H groups in total. The number of aromatic nitrogens is 4. The molecule has 0 bridgehead atoms. The van der Waals surface area contributed by atoms with Gasteiger partial charge in [-0.05, 0) is 41.4 Å². The first-order valence-corrected chi connectivity index (χ1v) is 7.92. The van der Waals surface area contributed by atoms with E-state index in [0.29, 0.717) is 17.3 Å². The summed E-state index contributed by atoms with van der Waals surface area (Å²) in [4.78, 5) is 0. The summed E-state index contributed by atoms with van der Waals surface area (Å²) in [5.74, 6) is 1.79. The average molecular weight is 353 g/mol. The molecule has 6 nitrogen and oxygen atoms in total. The van der Waals surface area contributed by atoms with Gasteiger partial charge in [0.1, 0.15) is 11.5 Å². The van der Waals surface area contributed by atoms with Crippen LogP contribution in [0.25, 0.3) is 16.8 Å². The van der Waals surface area contributed by atoms with Gasteiger partial charge in [-0.1, -0.05) is 30.3 Å². The van der Waals surface area contributed by atoms with Crippen LogP contribution in [0.3, 0.4) is 0 Å². The van der Waals surface area contributed by atoms with Crippen LogP contribution in [0.5, 0.6) is 17.4 Å². The number of fused-ring (bicyclic) bond motifs is 1. The number of rotatable bonds is 4. The molecule has 25 heavy (non-hydrogen) atoms. The molecule has 0 radical (unpaired) electrons. The molecule has 4 rings (SSSR count). The molecule has 0 aliphatic rings. The van der Waals surface area contributed by atoms with Gasteiger partial charge in [-0.15, -0.1) is 15.3 Å². The van der Waals surface area contributed by atoms with Crippen molar-refractivity contribution < 1.29 is 9.47 Å². The Hall–Kier alpha value is -3.12. The van der Waals surface area contributed by atoms with Crippen molar-refractivity contribution in [2.45, 2.75) is 0 Å². The lowest BCUT2D eigenvalue weighted by atomic mass is 10.0. The standard InChI is InChI=1S/C18H13ClN4O2/c1-24-13-7-8-15(14(11-13)12-5-3-2-4-6-12)25-17-10-9-16-20-21-18(19)23(16)22-17/h2-11H,1H3. The molecule has 0 atom stereocenters. The smallest absolute Gasteiger partial charge is 0.246 e. The number of hydrogen-bond donors (Lipinski definition) is 0. The van der Waals surface area contributed by atoms with Gasteiger partial charge >= 0.3 is 0 Å². The van der Waals surface area contributed by atoms with Crippen LogP contribution in [-0.2, 0) is 0 Å². The van der Waals surface area contributed by atoms with Crippen LogP contribution in [0.2, 0.25) is 5.28 Å². The first-order valence-electron chi connectivity index (χ1n) is 7.54. The van der Waals surface area contributed by atoms with Crippen molar-refractivity contribution in [3.63, 3.8) is 0 Å². The van der Waals surface area contributed by atoms with E-state index in [1.807, 2.05) is 48.5 Å². The van der Waals surface area contributed by atoms with Crippen LogP contribution in [0.4, 0.5) is 0 Å². The second-order valence-electron chi connectivity index (χ2n) is 5.24. The molecular weight excluding hydrogens is 340 g/mol. The van der Waals surface area contributed by atoms with Gasteiger partial charge in [0, 0.05) is 11.6 Å². The molecule has 0 unspecified atom stereocenters. The third-order valence-electron chi connectivity index (χ3n) is 3.69. The Labute approximate surface area is 148 Å². The van der Waals surface area contributed by atoms with E-state index in [0.717, 1.165) is 16.9 Å². The second kappa shape index (κ2) is 6.41. The summed E-state index contributed by atoms with van der Waals surface area (Å²) < 4.78 is 12.7. The third-order valence-corrected chi connectivity index (χ3v) is 3.92. The molecule has 2 aromatic carbocycles. The van der Waals surface area contributed by atoms with Gasteiger partial charge in [-0.25, -0.2) is 0 Å². The number of benzene rings is 2. The molecule has 0 saturated heterocycles. The molecular formula is C18H13ClN4O2. The second-order valence-corrected chi connectivity index (χ2v) is 5.58. The van der Waals surface area contributed by atoms with Crippen molar-refractivity contribution in [1.29, 1.82) is 0 Å². The highest BCUT2D eigenvalue weighted by Crippen LogP contribution is 2.35. The van der Waals surface area contributed by atoms with Gasteiger partial charge in [0.05, 0.1) is 7.11 Å². The summed E-state index contributed by atoms with van der Waals surface area (Å²) in [5.41, 5.74) is 2.46. The van der Waals surface area contributed by atoms with Gasteiger partial charge in [0.25, 0.3) is 0 Å². The van der Waals surface area contributed by atoms with Crippen LogP contribution in [-0.4, -0.2) is 26.9 Å². The zero-order chi connectivity index (χ0) is 17.2. The van der Waals surface area contributed by atoms with E-state index in [9.17, 15) is 0 Å². The van der Waals surface area contributed by atoms with Crippen LogP contribution in [0.15, 0.2) is 60.7 Å². The SMILES string of the molecule is COc1ccc(Oc2ccc3nnc(Cl)n3n2)c(-c2ccccc2)c1. The van der Waals surface area contributed by atoms with Crippen LogP contribution in [0.1, 0.15) is 0 Å². The Morgan fingerprint density at radius 2 is 1.80 bits per heavy atom. The lowest BCUT2D eigenvalue weighted by Gasteiger charge is -2.12. The van der Waals surface area contributed by atoms with Crippen molar-refractivity contribution in [2.75, 3.05) is 7.11 Å². The maximum Gasteiger partial charge on any atom is 0.246 e. The minimum atomic E-state index is 0.179. The van der Waals surface area contributed by atoms with Crippen molar-refractivity contribution in [3.8, 4) is 28.5 Å². The molecule has 0 spiro atoms. The Bertz CT molecular complexity index is 1030. The lowest BCUT2D eigenvalue weighted by molar-refractivity contribution is 0.412. The molecule has 0 fully saturated rings. The normalized spacial score (nSPS) is 10.8. The van der Waals surface area contributed by atoms with E-state index in [1.165, 1.54) is 4.52 Å². The first kappa shape index (κ1) is 15.4. The van der Waals surface area contributed by atoms with Crippen LogP contribution >= 0.6 is 11.6 Å². The maximum absolute atomic E-state index is 5.99. The minimum absolute atomic E-state index is 0.179. The highest BCUT2D eigenvalue weighted by atomic mass is 35.5. The zero-order valence-electron chi connectivity index (χ0n) is 13.3. The highest BCUT2D eigenvalue weighted by Gasteiger charge is 2.11. The maximum atomic E-state index is 5.99. The van der Waals surface area contributed by atoms with Gasteiger partial charge in [-0.2, -0.15) is 4.52 Å². The fourth-order valence-electron chi connectivity index (χ4n) is 2.48. The van der Waals surface area contributed by atoms with Gasteiger partial charge in [0.15, 0.2) is 5.65 Å². The Morgan fingerprint density at radius 1 is 0.960 bits per heavy atom. The topological polar surface area (TPSA) is 61.5 Å². The quantitative estimate of drug-likeness (QED) is 0.549. The lowest BCUT2D eigenvalue weighted by Crippen LogP contribution is -1.97. The van der Waals surface area contributed by atoms with Crippen molar-refractivity contribution in [3.05, 3.63) is 65.9 Å². The zero-order valence-corrected chi connectivity index (χ0v) is 14.0. The Balaban J connectivity index is 1.77. The average Bonchev–Trinajstić information content (AvgIpc) is 3.03. The summed E-state index contributed by atoms with van der Waals surface area (Å²) in [6.45, 7) is 0.